The number of oxime groups is 1. The largest absolute Gasteiger partial charge is 0.469 e. The third-order valence-electron chi connectivity index (χ3n) is 6.74. The molecule has 8 heteroatoms. The van der Waals surface area contributed by atoms with Crippen molar-refractivity contribution in [2.45, 2.75) is 76.4 Å². The number of fused-ring (bicyclic) bond motifs is 3. The number of aryl methyl sites for hydroxylation is 2. The van der Waals surface area contributed by atoms with Crippen LogP contribution < -0.4 is 0 Å². The minimum absolute atomic E-state index is 0.209. The third kappa shape index (κ3) is 4.88. The molecule has 4 rings (SSSR count). The predicted molar refractivity (Wildman–Crippen MR) is 127 cm³/mol. The first-order valence-electron chi connectivity index (χ1n) is 11.7. The number of benzene rings is 1. The number of halogens is 1. The highest BCUT2D eigenvalue weighted by atomic mass is 35.5. The Morgan fingerprint density at radius 2 is 1.97 bits per heavy atom. The quantitative estimate of drug-likeness (QED) is 0.378. The first-order chi connectivity index (χ1) is 16.0. The van der Waals surface area contributed by atoms with Gasteiger partial charge < -0.3 is 18.9 Å². The number of nitrogens with zero attached hydrogens (tertiary/aromatic N) is 2. The molecule has 33 heavy (non-hydrogen) atoms. The van der Waals surface area contributed by atoms with E-state index in [0.717, 1.165) is 55.8 Å². The zero-order valence-corrected chi connectivity index (χ0v) is 20.1. The summed E-state index contributed by atoms with van der Waals surface area (Å²) in [5.74, 6) is -1.13. The van der Waals surface area contributed by atoms with Gasteiger partial charge in [-0.25, -0.2) is 4.79 Å². The number of unbranched alkanes of at least 4 members (excludes halogenated alkanes) is 2. The molecule has 0 fully saturated rings. The summed E-state index contributed by atoms with van der Waals surface area (Å²) < 4.78 is 12.0. The van der Waals surface area contributed by atoms with E-state index >= 15 is 0 Å². The molecular formula is C25H31ClN2O5. The predicted octanol–water partition coefficient (Wildman–Crippen LogP) is 4.99. The Kier molecular flexibility index (Phi) is 7.27. The lowest BCUT2D eigenvalue weighted by Gasteiger charge is -2.22. The summed E-state index contributed by atoms with van der Waals surface area (Å²) in [7, 11) is 2.56. The average molecular weight is 475 g/mol. The first kappa shape index (κ1) is 23.6. The van der Waals surface area contributed by atoms with Gasteiger partial charge in [0.25, 0.3) is 0 Å². The molecule has 1 unspecified atom stereocenters. The zero-order chi connectivity index (χ0) is 23.4. The van der Waals surface area contributed by atoms with Gasteiger partial charge in [-0.3, -0.25) is 4.79 Å². The fraction of sp³-hybridized carbons (Fsp3) is 0.560. The van der Waals surface area contributed by atoms with Crippen LogP contribution in [0.25, 0.3) is 10.9 Å². The van der Waals surface area contributed by atoms with Crippen molar-refractivity contribution in [3.05, 3.63) is 34.5 Å². The Labute approximate surface area is 199 Å². The summed E-state index contributed by atoms with van der Waals surface area (Å²) in [6.45, 7) is 0.977. The molecule has 1 aliphatic heterocycles. The minimum Gasteiger partial charge on any atom is -0.469 e. The van der Waals surface area contributed by atoms with Crippen molar-refractivity contribution in [1.29, 1.82) is 0 Å². The maximum Gasteiger partial charge on any atom is 0.354 e. The van der Waals surface area contributed by atoms with Crippen LogP contribution in [0.2, 0.25) is 5.02 Å². The molecule has 2 aliphatic rings. The number of hydrogen-bond donors (Lipinski definition) is 0. The summed E-state index contributed by atoms with van der Waals surface area (Å²) >= 11 is 6.28. The number of hydrogen-bond acceptors (Lipinski definition) is 6. The number of rotatable bonds is 9. The van der Waals surface area contributed by atoms with E-state index in [2.05, 4.69) is 21.9 Å². The summed E-state index contributed by atoms with van der Waals surface area (Å²) in [4.78, 5) is 29.4. The van der Waals surface area contributed by atoms with Gasteiger partial charge in [-0.05, 0) is 68.7 Å². The van der Waals surface area contributed by atoms with Crippen LogP contribution in [0.1, 0.15) is 62.6 Å². The van der Waals surface area contributed by atoms with Crippen molar-refractivity contribution in [3.8, 4) is 0 Å². The van der Waals surface area contributed by atoms with E-state index in [1.807, 2.05) is 6.07 Å². The standard InChI is InChI=1S/C25H31ClN2O5/c1-31-23(29)16-25(24(30)32-2)15-18(27-33-25)8-4-3-7-13-28-21-10-6-5-9-19(21)20-14-17(26)11-12-22(20)28/h11-12,14H,3-10,13,15-16H2,1-2H3. The Bertz CT molecular complexity index is 1080. The molecule has 0 saturated heterocycles. The lowest BCUT2D eigenvalue weighted by Crippen LogP contribution is -2.42. The molecular weight excluding hydrogens is 444 g/mol. The van der Waals surface area contributed by atoms with E-state index in [4.69, 9.17) is 25.9 Å². The van der Waals surface area contributed by atoms with Gasteiger partial charge in [0.15, 0.2) is 0 Å². The molecule has 1 aliphatic carbocycles. The Morgan fingerprint density at radius 3 is 2.76 bits per heavy atom. The highest BCUT2D eigenvalue weighted by Gasteiger charge is 2.49. The number of esters is 2. The van der Waals surface area contributed by atoms with E-state index in [0.29, 0.717) is 0 Å². The van der Waals surface area contributed by atoms with Gasteiger partial charge in [-0.2, -0.15) is 0 Å². The fourth-order valence-corrected chi connectivity index (χ4v) is 5.26. The highest BCUT2D eigenvalue weighted by Crippen LogP contribution is 2.34. The summed E-state index contributed by atoms with van der Waals surface area (Å²) in [5, 5.41) is 6.19. The molecule has 0 bridgehead atoms. The topological polar surface area (TPSA) is 79.1 Å². The smallest absolute Gasteiger partial charge is 0.354 e. The third-order valence-corrected chi connectivity index (χ3v) is 6.98. The van der Waals surface area contributed by atoms with E-state index in [9.17, 15) is 9.59 Å². The average Bonchev–Trinajstić information content (AvgIpc) is 3.38. The molecule has 0 saturated carbocycles. The van der Waals surface area contributed by atoms with Gasteiger partial charge in [0.2, 0.25) is 5.60 Å². The Balaban J connectivity index is 1.32. The molecule has 1 aromatic heterocycles. The normalized spacial score (nSPS) is 19.7. The van der Waals surface area contributed by atoms with Crippen molar-refractivity contribution >= 4 is 40.2 Å². The minimum atomic E-state index is -1.40. The molecule has 2 heterocycles. The first-order valence-corrected chi connectivity index (χ1v) is 12.0. The second-order valence-corrected chi connectivity index (χ2v) is 9.36. The van der Waals surface area contributed by atoms with Crippen LogP contribution in [0.5, 0.6) is 0 Å². The number of aromatic nitrogens is 1. The zero-order valence-electron chi connectivity index (χ0n) is 19.3. The lowest BCUT2D eigenvalue weighted by atomic mass is 9.92. The van der Waals surface area contributed by atoms with Gasteiger partial charge >= 0.3 is 11.9 Å². The van der Waals surface area contributed by atoms with Crippen LogP contribution >= 0.6 is 11.6 Å². The number of ether oxygens (including phenoxy) is 2. The molecule has 7 nitrogen and oxygen atoms in total. The summed E-state index contributed by atoms with van der Waals surface area (Å²) in [6, 6.07) is 6.23. The molecule has 2 aromatic rings. The van der Waals surface area contributed by atoms with Crippen LogP contribution in [-0.2, 0) is 43.3 Å². The molecule has 1 aromatic carbocycles. The molecule has 0 radical (unpaired) electrons. The maximum atomic E-state index is 12.2. The second kappa shape index (κ2) is 10.2. The van der Waals surface area contributed by atoms with Crippen molar-refractivity contribution < 1.29 is 23.9 Å². The highest BCUT2D eigenvalue weighted by molar-refractivity contribution is 6.31. The fourth-order valence-electron chi connectivity index (χ4n) is 5.09. The van der Waals surface area contributed by atoms with Crippen molar-refractivity contribution in [3.63, 3.8) is 0 Å². The van der Waals surface area contributed by atoms with Crippen molar-refractivity contribution in [2.24, 2.45) is 5.16 Å². The van der Waals surface area contributed by atoms with Crippen LogP contribution in [-0.4, -0.2) is 42.0 Å². The van der Waals surface area contributed by atoms with Crippen LogP contribution in [0.3, 0.4) is 0 Å². The number of carbonyl (C=O) groups excluding carboxylic acids is 2. The van der Waals surface area contributed by atoms with Crippen LogP contribution in [0, 0.1) is 0 Å². The number of methoxy groups -OCH3 is 2. The van der Waals surface area contributed by atoms with Crippen LogP contribution in [0.4, 0.5) is 0 Å². The van der Waals surface area contributed by atoms with Gasteiger partial charge in [0, 0.05) is 34.6 Å². The van der Waals surface area contributed by atoms with E-state index in [1.165, 1.54) is 49.2 Å². The maximum absolute atomic E-state index is 12.2. The SMILES string of the molecule is COC(=O)CC1(C(=O)OC)CC(CCCCCn2c3c(c4cc(Cl)ccc42)CCCC3)=NO1. The van der Waals surface area contributed by atoms with Crippen molar-refractivity contribution in [2.75, 3.05) is 14.2 Å². The van der Waals surface area contributed by atoms with E-state index < -0.39 is 17.5 Å². The molecule has 178 valence electrons. The Hall–Kier alpha value is -2.54. The molecule has 1 atom stereocenters. The van der Waals surface area contributed by atoms with Crippen LogP contribution in [0.15, 0.2) is 23.4 Å². The molecule has 0 amide bonds. The van der Waals surface area contributed by atoms with E-state index in [1.54, 1.807) is 0 Å². The van der Waals surface area contributed by atoms with Crippen molar-refractivity contribution in [1.82, 2.24) is 4.57 Å². The summed E-state index contributed by atoms with van der Waals surface area (Å²) in [6.07, 6.45) is 8.53. The molecule has 0 spiro atoms. The van der Waals surface area contributed by atoms with Gasteiger partial charge in [-0.15, -0.1) is 0 Å². The second-order valence-electron chi connectivity index (χ2n) is 8.92. The molecule has 0 N–H and O–H groups in total. The monoisotopic (exact) mass is 474 g/mol. The van der Waals surface area contributed by atoms with E-state index in [-0.39, 0.29) is 12.8 Å². The van der Waals surface area contributed by atoms with Gasteiger partial charge in [-0.1, -0.05) is 23.2 Å². The number of carbonyl (C=O) groups is 2. The van der Waals surface area contributed by atoms with Gasteiger partial charge in [0.1, 0.15) is 0 Å². The van der Waals surface area contributed by atoms with Gasteiger partial charge in [0.05, 0.1) is 26.4 Å². The summed E-state index contributed by atoms with van der Waals surface area (Å²) in [5.41, 5.74) is 3.61. The Morgan fingerprint density at radius 1 is 1.15 bits per heavy atom. The lowest BCUT2D eigenvalue weighted by molar-refractivity contribution is -0.173.